The molecule has 19 heavy (non-hydrogen) atoms. The van der Waals surface area contributed by atoms with Crippen molar-refractivity contribution < 1.29 is 4.74 Å². The Morgan fingerprint density at radius 2 is 2.00 bits per heavy atom. The van der Waals surface area contributed by atoms with Gasteiger partial charge in [0.05, 0.1) is 6.61 Å². The van der Waals surface area contributed by atoms with Crippen LogP contribution in [0.3, 0.4) is 0 Å². The summed E-state index contributed by atoms with van der Waals surface area (Å²) in [4.78, 5) is 2.65. The SMILES string of the molecule is COCC1CCCN(C(C)C(C)CNC(C)(C)C)C1. The number of nitrogens with zero attached hydrogens (tertiary/aromatic N) is 1. The summed E-state index contributed by atoms with van der Waals surface area (Å²) in [5, 5.41) is 3.63. The first kappa shape index (κ1) is 16.9. The van der Waals surface area contributed by atoms with Gasteiger partial charge in [0.2, 0.25) is 0 Å². The average molecular weight is 270 g/mol. The van der Waals surface area contributed by atoms with Crippen molar-refractivity contribution >= 4 is 0 Å². The van der Waals surface area contributed by atoms with Gasteiger partial charge in [-0.25, -0.2) is 0 Å². The maximum absolute atomic E-state index is 5.32. The van der Waals surface area contributed by atoms with E-state index in [-0.39, 0.29) is 5.54 Å². The molecule has 0 amide bonds. The average Bonchev–Trinajstić information content (AvgIpc) is 2.35. The molecule has 3 nitrogen and oxygen atoms in total. The van der Waals surface area contributed by atoms with E-state index in [0.29, 0.717) is 12.0 Å². The van der Waals surface area contributed by atoms with Crippen LogP contribution in [0.1, 0.15) is 47.5 Å². The monoisotopic (exact) mass is 270 g/mol. The molecule has 0 saturated carbocycles. The summed E-state index contributed by atoms with van der Waals surface area (Å²) in [6.07, 6.45) is 2.64. The molecule has 1 aliphatic heterocycles. The third-order valence-corrected chi connectivity index (χ3v) is 4.31. The Kier molecular flexibility index (Phi) is 6.78. The normalized spacial score (nSPS) is 25.3. The van der Waals surface area contributed by atoms with Gasteiger partial charge in [-0.15, -0.1) is 0 Å². The minimum atomic E-state index is 0.217. The van der Waals surface area contributed by atoms with E-state index in [1.807, 2.05) is 7.11 Å². The third kappa shape index (κ3) is 6.24. The summed E-state index contributed by atoms with van der Waals surface area (Å²) in [7, 11) is 1.82. The van der Waals surface area contributed by atoms with E-state index in [1.165, 1.54) is 25.9 Å². The predicted molar refractivity (Wildman–Crippen MR) is 82.6 cm³/mol. The summed E-state index contributed by atoms with van der Waals surface area (Å²) in [5.41, 5.74) is 0.217. The number of nitrogens with one attached hydrogen (secondary N) is 1. The van der Waals surface area contributed by atoms with Crippen LogP contribution in [-0.2, 0) is 4.74 Å². The van der Waals surface area contributed by atoms with Crippen molar-refractivity contribution in [2.75, 3.05) is 33.4 Å². The topological polar surface area (TPSA) is 24.5 Å². The van der Waals surface area contributed by atoms with Gasteiger partial charge in [0, 0.05) is 25.2 Å². The van der Waals surface area contributed by atoms with Gasteiger partial charge in [0.15, 0.2) is 0 Å². The van der Waals surface area contributed by atoms with E-state index < -0.39 is 0 Å². The molecule has 0 aromatic carbocycles. The lowest BCUT2D eigenvalue weighted by Gasteiger charge is -2.39. The molecule has 1 heterocycles. The lowest BCUT2D eigenvalue weighted by molar-refractivity contribution is 0.0570. The fourth-order valence-electron chi connectivity index (χ4n) is 2.84. The van der Waals surface area contributed by atoms with Crippen molar-refractivity contribution in [3.05, 3.63) is 0 Å². The van der Waals surface area contributed by atoms with Crippen molar-refractivity contribution in [2.45, 2.75) is 59.0 Å². The first-order valence-corrected chi connectivity index (χ1v) is 7.81. The molecule has 1 saturated heterocycles. The van der Waals surface area contributed by atoms with Crippen molar-refractivity contribution in [1.82, 2.24) is 10.2 Å². The third-order valence-electron chi connectivity index (χ3n) is 4.31. The zero-order chi connectivity index (χ0) is 14.5. The highest BCUT2D eigenvalue weighted by Crippen LogP contribution is 2.21. The fourth-order valence-corrected chi connectivity index (χ4v) is 2.84. The van der Waals surface area contributed by atoms with Crippen LogP contribution in [0.2, 0.25) is 0 Å². The van der Waals surface area contributed by atoms with E-state index >= 15 is 0 Å². The molecule has 0 bridgehead atoms. The Hall–Kier alpha value is -0.120. The van der Waals surface area contributed by atoms with Crippen LogP contribution in [0.15, 0.2) is 0 Å². The minimum absolute atomic E-state index is 0.217. The Morgan fingerprint density at radius 1 is 1.32 bits per heavy atom. The number of rotatable bonds is 6. The van der Waals surface area contributed by atoms with Gasteiger partial charge in [-0.1, -0.05) is 6.92 Å². The molecule has 1 rings (SSSR count). The van der Waals surface area contributed by atoms with E-state index in [9.17, 15) is 0 Å². The molecule has 0 aromatic heterocycles. The Morgan fingerprint density at radius 3 is 2.58 bits per heavy atom. The van der Waals surface area contributed by atoms with Gasteiger partial charge in [-0.2, -0.15) is 0 Å². The van der Waals surface area contributed by atoms with Crippen LogP contribution in [-0.4, -0.2) is 49.8 Å². The smallest absolute Gasteiger partial charge is 0.0502 e. The fraction of sp³-hybridized carbons (Fsp3) is 1.00. The Bertz CT molecular complexity index is 248. The minimum Gasteiger partial charge on any atom is -0.384 e. The number of hydrogen-bond acceptors (Lipinski definition) is 3. The highest BCUT2D eigenvalue weighted by Gasteiger charge is 2.26. The van der Waals surface area contributed by atoms with Crippen LogP contribution in [0.25, 0.3) is 0 Å². The number of piperidine rings is 1. The van der Waals surface area contributed by atoms with Gasteiger partial charge >= 0.3 is 0 Å². The summed E-state index contributed by atoms with van der Waals surface area (Å²) in [6.45, 7) is 15.9. The zero-order valence-electron chi connectivity index (χ0n) is 13.8. The van der Waals surface area contributed by atoms with E-state index in [1.54, 1.807) is 0 Å². The van der Waals surface area contributed by atoms with Crippen LogP contribution in [0, 0.1) is 11.8 Å². The van der Waals surface area contributed by atoms with Crippen molar-refractivity contribution in [3.8, 4) is 0 Å². The number of likely N-dealkylation sites (tertiary alicyclic amines) is 1. The largest absolute Gasteiger partial charge is 0.384 e. The summed E-state index contributed by atoms with van der Waals surface area (Å²) in [5.74, 6) is 1.41. The molecule has 1 aliphatic rings. The molecule has 0 spiro atoms. The lowest BCUT2D eigenvalue weighted by Crippen LogP contribution is -2.48. The van der Waals surface area contributed by atoms with Gasteiger partial charge in [-0.3, -0.25) is 4.90 Å². The molecule has 3 unspecified atom stereocenters. The highest BCUT2D eigenvalue weighted by atomic mass is 16.5. The Balaban J connectivity index is 2.40. The second-order valence-corrected chi connectivity index (χ2v) is 7.31. The van der Waals surface area contributed by atoms with Crippen molar-refractivity contribution in [2.24, 2.45) is 11.8 Å². The molecule has 0 radical (unpaired) electrons. The van der Waals surface area contributed by atoms with Crippen molar-refractivity contribution in [1.29, 1.82) is 0 Å². The van der Waals surface area contributed by atoms with E-state index in [4.69, 9.17) is 4.74 Å². The molecular formula is C16H34N2O. The Labute approximate surface area is 120 Å². The molecule has 0 aromatic rings. The molecule has 114 valence electrons. The van der Waals surface area contributed by atoms with Crippen LogP contribution >= 0.6 is 0 Å². The number of hydrogen-bond donors (Lipinski definition) is 1. The second-order valence-electron chi connectivity index (χ2n) is 7.31. The highest BCUT2D eigenvalue weighted by molar-refractivity contribution is 4.82. The van der Waals surface area contributed by atoms with Crippen LogP contribution in [0.4, 0.5) is 0 Å². The zero-order valence-corrected chi connectivity index (χ0v) is 13.8. The van der Waals surface area contributed by atoms with E-state index in [2.05, 4.69) is 44.8 Å². The van der Waals surface area contributed by atoms with Gasteiger partial charge in [0.25, 0.3) is 0 Å². The van der Waals surface area contributed by atoms with Crippen LogP contribution in [0.5, 0.6) is 0 Å². The quantitative estimate of drug-likeness (QED) is 0.803. The molecule has 0 aliphatic carbocycles. The molecular weight excluding hydrogens is 236 g/mol. The standard InChI is InChI=1S/C16H34N2O/c1-13(10-17-16(3,4)5)14(2)18-9-7-8-15(11-18)12-19-6/h13-15,17H,7-12H2,1-6H3. The number of methoxy groups -OCH3 is 1. The molecule has 1 N–H and O–H groups in total. The first-order chi connectivity index (χ1) is 8.83. The molecule has 3 atom stereocenters. The summed E-state index contributed by atoms with van der Waals surface area (Å²) in [6, 6.07) is 0.648. The maximum atomic E-state index is 5.32. The summed E-state index contributed by atoms with van der Waals surface area (Å²) >= 11 is 0. The van der Waals surface area contributed by atoms with Gasteiger partial charge in [-0.05, 0) is 65.5 Å². The van der Waals surface area contributed by atoms with Gasteiger partial charge in [0.1, 0.15) is 0 Å². The predicted octanol–water partition coefficient (Wildman–Crippen LogP) is 2.76. The van der Waals surface area contributed by atoms with E-state index in [0.717, 1.165) is 19.1 Å². The van der Waals surface area contributed by atoms with Crippen molar-refractivity contribution in [3.63, 3.8) is 0 Å². The number of ether oxygens (including phenoxy) is 1. The molecule has 3 heteroatoms. The van der Waals surface area contributed by atoms with Crippen LogP contribution < -0.4 is 5.32 Å². The lowest BCUT2D eigenvalue weighted by atomic mass is 9.93. The summed E-state index contributed by atoms with van der Waals surface area (Å²) < 4.78 is 5.32. The van der Waals surface area contributed by atoms with Gasteiger partial charge < -0.3 is 10.1 Å². The first-order valence-electron chi connectivity index (χ1n) is 7.81. The maximum Gasteiger partial charge on any atom is 0.0502 e. The second kappa shape index (κ2) is 7.61. The molecule has 1 fully saturated rings.